The molecule has 86 valence electrons. The topological polar surface area (TPSA) is 18.5 Å². The molecule has 1 heterocycles. The zero-order valence-corrected chi connectivity index (χ0v) is 10.0. The van der Waals surface area contributed by atoms with Gasteiger partial charge in [-0.3, -0.25) is 0 Å². The Bertz CT molecular complexity index is 339. The molecule has 1 aromatic rings. The van der Waals surface area contributed by atoms with Gasteiger partial charge in [0.2, 0.25) is 0 Å². The molecule has 1 saturated heterocycles. The molecule has 0 spiro atoms. The highest BCUT2D eigenvalue weighted by atomic mass is 32.1. The van der Waals surface area contributed by atoms with Crippen LogP contribution in [0.25, 0.3) is 6.08 Å². The molecule has 3 heteroatoms. The second-order valence-corrected chi connectivity index (χ2v) is 4.10. The summed E-state index contributed by atoms with van der Waals surface area (Å²) >= 11 is 4.16. The van der Waals surface area contributed by atoms with Crippen LogP contribution in [0, 0.1) is 0 Å². The summed E-state index contributed by atoms with van der Waals surface area (Å²) < 4.78 is 10.9. The van der Waals surface area contributed by atoms with E-state index in [0.29, 0.717) is 13.2 Å². The lowest BCUT2D eigenvalue weighted by Crippen LogP contribution is -1.97. The minimum Gasteiger partial charge on any atom is -0.346 e. The maximum absolute atomic E-state index is 5.43. The lowest BCUT2D eigenvalue weighted by molar-refractivity contribution is -0.0441. The molecule has 2 nitrogen and oxygen atoms in total. The summed E-state index contributed by atoms with van der Waals surface area (Å²) in [6.07, 6.45) is 5.07. The molecular formula is C13H16O2S. The molecule has 0 aliphatic carbocycles. The Labute approximate surface area is 102 Å². The first-order chi connectivity index (χ1) is 7.90. The SMILES string of the molecule is SCCC=Cc1ccc(C2OCCO2)cc1. The van der Waals surface area contributed by atoms with Crippen LogP contribution < -0.4 is 0 Å². The maximum Gasteiger partial charge on any atom is 0.184 e. The van der Waals surface area contributed by atoms with E-state index in [2.05, 4.69) is 49.0 Å². The van der Waals surface area contributed by atoms with Crippen molar-refractivity contribution in [1.29, 1.82) is 0 Å². The molecule has 0 N–H and O–H groups in total. The second kappa shape index (κ2) is 6.09. The van der Waals surface area contributed by atoms with Crippen molar-refractivity contribution in [1.82, 2.24) is 0 Å². The number of hydrogen-bond acceptors (Lipinski definition) is 3. The molecule has 0 unspecified atom stereocenters. The van der Waals surface area contributed by atoms with Crippen molar-refractivity contribution >= 4 is 18.7 Å². The van der Waals surface area contributed by atoms with Crippen LogP contribution >= 0.6 is 12.6 Å². The smallest absolute Gasteiger partial charge is 0.184 e. The lowest BCUT2D eigenvalue weighted by atomic mass is 10.1. The summed E-state index contributed by atoms with van der Waals surface area (Å²) in [5.74, 6) is 0.887. The van der Waals surface area contributed by atoms with Gasteiger partial charge >= 0.3 is 0 Å². The van der Waals surface area contributed by atoms with Crippen molar-refractivity contribution in [3.05, 3.63) is 41.5 Å². The fourth-order valence-corrected chi connectivity index (χ4v) is 1.76. The highest BCUT2D eigenvalue weighted by Gasteiger charge is 2.17. The minimum absolute atomic E-state index is 0.171. The van der Waals surface area contributed by atoms with E-state index in [1.54, 1.807) is 0 Å². The zero-order chi connectivity index (χ0) is 11.2. The van der Waals surface area contributed by atoms with Crippen LogP contribution in [0.2, 0.25) is 0 Å². The van der Waals surface area contributed by atoms with Gasteiger partial charge in [0.15, 0.2) is 6.29 Å². The molecule has 0 radical (unpaired) electrons. The highest BCUT2D eigenvalue weighted by molar-refractivity contribution is 7.80. The van der Waals surface area contributed by atoms with Crippen molar-refractivity contribution in [2.75, 3.05) is 19.0 Å². The third-order valence-electron chi connectivity index (χ3n) is 2.44. The third-order valence-corrected chi connectivity index (χ3v) is 2.69. The summed E-state index contributed by atoms with van der Waals surface area (Å²) in [6, 6.07) is 8.26. The van der Waals surface area contributed by atoms with Gasteiger partial charge in [0, 0.05) is 5.56 Å². The Morgan fingerprint density at radius 2 is 1.88 bits per heavy atom. The van der Waals surface area contributed by atoms with Crippen molar-refractivity contribution in [3.8, 4) is 0 Å². The number of thiol groups is 1. The van der Waals surface area contributed by atoms with Gasteiger partial charge in [-0.05, 0) is 17.7 Å². The Balaban J connectivity index is 1.98. The Hall–Kier alpha value is -0.770. The molecule has 1 fully saturated rings. The monoisotopic (exact) mass is 236 g/mol. The molecule has 0 saturated carbocycles. The average Bonchev–Trinajstić information content (AvgIpc) is 2.84. The van der Waals surface area contributed by atoms with Gasteiger partial charge in [0.25, 0.3) is 0 Å². The Morgan fingerprint density at radius 1 is 1.19 bits per heavy atom. The standard InChI is InChI=1S/C13H16O2S/c16-10-2-1-3-11-4-6-12(7-5-11)13-14-8-9-15-13/h1,3-7,13,16H,2,8-10H2. The van der Waals surface area contributed by atoms with E-state index in [-0.39, 0.29) is 6.29 Å². The van der Waals surface area contributed by atoms with Gasteiger partial charge in [-0.2, -0.15) is 12.6 Å². The first-order valence-electron chi connectivity index (χ1n) is 5.51. The second-order valence-electron chi connectivity index (χ2n) is 3.65. The number of ether oxygens (including phenoxy) is 2. The maximum atomic E-state index is 5.43. The molecular weight excluding hydrogens is 220 g/mol. The van der Waals surface area contributed by atoms with Gasteiger partial charge in [-0.1, -0.05) is 36.4 Å². The van der Waals surface area contributed by atoms with E-state index in [0.717, 1.165) is 17.7 Å². The Kier molecular flexibility index (Phi) is 4.45. The van der Waals surface area contributed by atoms with Gasteiger partial charge in [0.1, 0.15) is 0 Å². The summed E-state index contributed by atoms with van der Waals surface area (Å²) in [4.78, 5) is 0. The summed E-state index contributed by atoms with van der Waals surface area (Å²) in [6.45, 7) is 1.38. The molecule has 1 aromatic carbocycles. The van der Waals surface area contributed by atoms with Crippen LogP contribution in [0.3, 0.4) is 0 Å². The predicted octanol–water partition coefficient (Wildman–Crippen LogP) is 3.07. The van der Waals surface area contributed by atoms with Gasteiger partial charge in [0.05, 0.1) is 13.2 Å². The van der Waals surface area contributed by atoms with E-state index >= 15 is 0 Å². The van der Waals surface area contributed by atoms with E-state index in [1.807, 2.05) is 0 Å². The molecule has 0 amide bonds. The van der Waals surface area contributed by atoms with Crippen LogP contribution in [0.15, 0.2) is 30.3 Å². The van der Waals surface area contributed by atoms with E-state index in [9.17, 15) is 0 Å². The highest BCUT2D eigenvalue weighted by Crippen LogP contribution is 2.23. The van der Waals surface area contributed by atoms with Crippen LogP contribution in [0.4, 0.5) is 0 Å². The molecule has 1 aliphatic heterocycles. The number of hydrogen-bond donors (Lipinski definition) is 1. The van der Waals surface area contributed by atoms with Crippen molar-refractivity contribution in [3.63, 3.8) is 0 Å². The van der Waals surface area contributed by atoms with E-state index in [4.69, 9.17) is 9.47 Å². The lowest BCUT2D eigenvalue weighted by Gasteiger charge is -2.08. The normalized spacial score (nSPS) is 17.3. The fraction of sp³-hybridized carbons (Fsp3) is 0.385. The third kappa shape index (κ3) is 3.11. The van der Waals surface area contributed by atoms with Crippen LogP contribution in [0.5, 0.6) is 0 Å². The zero-order valence-electron chi connectivity index (χ0n) is 9.13. The van der Waals surface area contributed by atoms with Crippen molar-refractivity contribution < 1.29 is 9.47 Å². The van der Waals surface area contributed by atoms with Crippen molar-refractivity contribution in [2.45, 2.75) is 12.7 Å². The fourth-order valence-electron chi connectivity index (χ4n) is 1.61. The molecule has 16 heavy (non-hydrogen) atoms. The quantitative estimate of drug-likeness (QED) is 0.810. The minimum atomic E-state index is -0.171. The largest absolute Gasteiger partial charge is 0.346 e. The van der Waals surface area contributed by atoms with Crippen LogP contribution in [0.1, 0.15) is 23.8 Å². The average molecular weight is 236 g/mol. The van der Waals surface area contributed by atoms with Crippen molar-refractivity contribution in [2.24, 2.45) is 0 Å². The summed E-state index contributed by atoms with van der Waals surface area (Å²) in [7, 11) is 0. The summed E-state index contributed by atoms with van der Waals surface area (Å²) in [5.41, 5.74) is 2.28. The number of benzene rings is 1. The molecule has 0 aromatic heterocycles. The van der Waals surface area contributed by atoms with Crippen LogP contribution in [-0.4, -0.2) is 19.0 Å². The summed E-state index contributed by atoms with van der Waals surface area (Å²) in [5, 5.41) is 0. The number of allylic oxidation sites excluding steroid dienone is 1. The first kappa shape index (κ1) is 11.7. The van der Waals surface area contributed by atoms with Crippen LogP contribution in [-0.2, 0) is 9.47 Å². The molecule has 0 bridgehead atoms. The molecule has 0 atom stereocenters. The van der Waals surface area contributed by atoms with E-state index < -0.39 is 0 Å². The Morgan fingerprint density at radius 3 is 2.50 bits per heavy atom. The van der Waals surface area contributed by atoms with Gasteiger partial charge in [-0.25, -0.2) is 0 Å². The van der Waals surface area contributed by atoms with E-state index in [1.165, 1.54) is 5.56 Å². The predicted molar refractivity (Wildman–Crippen MR) is 68.6 cm³/mol. The number of rotatable bonds is 4. The molecule has 1 aliphatic rings. The first-order valence-corrected chi connectivity index (χ1v) is 6.14. The van der Waals surface area contributed by atoms with Gasteiger partial charge in [-0.15, -0.1) is 0 Å². The van der Waals surface area contributed by atoms with Gasteiger partial charge < -0.3 is 9.47 Å². The molecule has 2 rings (SSSR count).